The van der Waals surface area contributed by atoms with Gasteiger partial charge in [-0.05, 0) is 53.4 Å². The lowest BCUT2D eigenvalue weighted by Crippen LogP contribution is -2.55. The van der Waals surface area contributed by atoms with Gasteiger partial charge >= 0.3 is 11.9 Å². The van der Waals surface area contributed by atoms with Crippen LogP contribution in [0.25, 0.3) is 0 Å². The molecule has 8 nitrogen and oxygen atoms in total. The Balaban J connectivity index is 0.000000177. The van der Waals surface area contributed by atoms with Gasteiger partial charge in [-0.25, -0.2) is 18.4 Å². The number of aliphatic carboxylic acids is 1. The summed E-state index contributed by atoms with van der Waals surface area (Å²) in [5, 5.41) is 9.88. The summed E-state index contributed by atoms with van der Waals surface area (Å²) in [5.74, 6) is -6.49. The SMILES string of the molecule is CCOC(=O)C1(c2ccc(F)cc2)OCC(c2ccccc2)(c2ccccc2)CO1.O=C(O)C1(c2ccc(F)cc2)OCC(c2ccccc2)(c2ccccc2)CO1. The number of rotatable bonds is 9. The van der Waals surface area contributed by atoms with E-state index in [1.54, 1.807) is 6.92 Å². The first-order chi connectivity index (χ1) is 28.2. The van der Waals surface area contributed by atoms with Crippen LogP contribution in [0.2, 0.25) is 0 Å². The molecule has 0 amide bonds. The van der Waals surface area contributed by atoms with E-state index in [1.807, 2.05) is 121 Å². The molecular weight excluding hydrogens is 743 g/mol. The Bertz CT molecular complexity index is 2170. The molecule has 0 aromatic heterocycles. The van der Waals surface area contributed by atoms with E-state index in [0.29, 0.717) is 5.56 Å². The molecule has 0 bridgehead atoms. The fraction of sp³-hybridized carbons (Fsp3) is 0.208. The van der Waals surface area contributed by atoms with Gasteiger partial charge in [0.15, 0.2) is 0 Å². The maximum absolute atomic E-state index is 13.5. The molecule has 10 heteroatoms. The molecule has 0 atom stereocenters. The number of carboxylic acid groups (broad SMARTS) is 1. The van der Waals surface area contributed by atoms with Crippen LogP contribution in [-0.4, -0.2) is 50.1 Å². The number of ether oxygens (including phenoxy) is 5. The summed E-state index contributed by atoms with van der Waals surface area (Å²) in [4.78, 5) is 25.0. The van der Waals surface area contributed by atoms with Crippen LogP contribution < -0.4 is 0 Å². The van der Waals surface area contributed by atoms with Gasteiger partial charge < -0.3 is 28.8 Å². The van der Waals surface area contributed by atoms with Crippen molar-refractivity contribution >= 4 is 11.9 Å². The maximum atomic E-state index is 13.5. The minimum atomic E-state index is -1.97. The Kier molecular flexibility index (Phi) is 11.9. The van der Waals surface area contributed by atoms with Gasteiger partial charge in [-0.2, -0.15) is 0 Å². The lowest BCUT2D eigenvalue weighted by atomic mass is 9.75. The summed E-state index contributed by atoms with van der Waals surface area (Å²) >= 11 is 0. The Morgan fingerprint density at radius 3 is 1.07 bits per heavy atom. The second-order valence-electron chi connectivity index (χ2n) is 14.1. The van der Waals surface area contributed by atoms with Crippen LogP contribution in [0.15, 0.2) is 170 Å². The van der Waals surface area contributed by atoms with Crippen LogP contribution in [0.1, 0.15) is 40.3 Å². The highest BCUT2D eigenvalue weighted by Crippen LogP contribution is 2.45. The van der Waals surface area contributed by atoms with Crippen LogP contribution in [0.3, 0.4) is 0 Å². The normalized spacial score (nSPS) is 17.5. The largest absolute Gasteiger partial charge is 0.477 e. The van der Waals surface area contributed by atoms with Gasteiger partial charge in [0.25, 0.3) is 11.6 Å². The van der Waals surface area contributed by atoms with Crippen molar-refractivity contribution in [3.8, 4) is 0 Å². The molecule has 0 spiro atoms. The van der Waals surface area contributed by atoms with Crippen LogP contribution in [0.4, 0.5) is 8.78 Å². The van der Waals surface area contributed by atoms with Crippen molar-refractivity contribution in [3.05, 3.63) is 215 Å². The van der Waals surface area contributed by atoms with Crippen molar-refractivity contribution in [2.45, 2.75) is 29.3 Å². The zero-order valence-electron chi connectivity index (χ0n) is 31.8. The fourth-order valence-electron chi connectivity index (χ4n) is 7.48. The standard InChI is InChI=1S/C25H23FO4.C23H19FO4/c1-2-28-23(27)25(21-13-15-22(26)16-14-21)29-17-24(18-30-25,19-9-5-3-6-10-19)20-11-7-4-8-12-20;24-20-13-11-19(12-14-20)23(21(25)26)27-15-22(16-28-23,17-7-3-1-4-8-17)18-9-5-2-6-10-18/h3-16H,2,17-18H2,1H3;1-14H,15-16H2,(H,25,26). The van der Waals surface area contributed by atoms with E-state index >= 15 is 0 Å². The Labute approximate surface area is 335 Å². The molecule has 0 radical (unpaired) electrons. The summed E-state index contributed by atoms with van der Waals surface area (Å²) in [6, 6.07) is 50.0. The molecule has 6 aromatic rings. The molecule has 2 fully saturated rings. The van der Waals surface area contributed by atoms with Crippen molar-refractivity contribution < 1.29 is 47.2 Å². The van der Waals surface area contributed by atoms with Gasteiger partial charge in [0.05, 0.1) is 43.9 Å². The van der Waals surface area contributed by atoms with Gasteiger partial charge in [-0.3, -0.25) is 0 Å². The predicted octanol–water partition coefficient (Wildman–Crippen LogP) is 8.67. The van der Waals surface area contributed by atoms with Gasteiger partial charge in [-0.15, -0.1) is 0 Å². The molecule has 8 rings (SSSR count). The molecule has 0 aliphatic carbocycles. The molecular formula is C48H42F2O8. The molecule has 58 heavy (non-hydrogen) atoms. The molecule has 2 aliphatic rings. The number of carbonyl (C=O) groups excluding carboxylic acids is 1. The Morgan fingerprint density at radius 1 is 0.483 bits per heavy atom. The zero-order valence-corrected chi connectivity index (χ0v) is 31.8. The van der Waals surface area contributed by atoms with E-state index < -0.39 is 46.0 Å². The van der Waals surface area contributed by atoms with Crippen LogP contribution >= 0.6 is 0 Å². The number of esters is 1. The Morgan fingerprint density at radius 2 is 0.776 bits per heavy atom. The number of benzene rings is 6. The third-order valence-electron chi connectivity index (χ3n) is 10.7. The third kappa shape index (κ3) is 7.67. The van der Waals surface area contributed by atoms with Crippen molar-refractivity contribution in [2.24, 2.45) is 0 Å². The average Bonchev–Trinajstić information content (AvgIpc) is 3.28. The first kappa shape index (κ1) is 40.2. The Hall–Kier alpha value is -6.04. The molecule has 2 aliphatic heterocycles. The highest BCUT2D eigenvalue weighted by molar-refractivity contribution is 5.80. The van der Waals surface area contributed by atoms with Crippen LogP contribution in [0, 0.1) is 11.6 Å². The average molecular weight is 785 g/mol. The number of hydrogen-bond acceptors (Lipinski definition) is 7. The molecule has 296 valence electrons. The smallest absolute Gasteiger partial charge is 0.372 e. The lowest BCUT2D eigenvalue weighted by Gasteiger charge is -2.45. The highest BCUT2D eigenvalue weighted by atomic mass is 19.1. The third-order valence-corrected chi connectivity index (χ3v) is 10.7. The number of carboxylic acids is 1. The van der Waals surface area contributed by atoms with E-state index in [9.17, 15) is 23.5 Å². The first-order valence-corrected chi connectivity index (χ1v) is 18.9. The summed E-state index contributed by atoms with van der Waals surface area (Å²) in [5.41, 5.74) is 3.38. The number of halogens is 2. The van der Waals surface area contributed by atoms with Gasteiger partial charge in [0.1, 0.15) is 11.6 Å². The molecule has 6 aromatic carbocycles. The second-order valence-corrected chi connectivity index (χ2v) is 14.1. The van der Waals surface area contributed by atoms with Crippen molar-refractivity contribution in [1.29, 1.82) is 0 Å². The number of hydrogen-bond donors (Lipinski definition) is 1. The van der Waals surface area contributed by atoms with Crippen LogP contribution in [0.5, 0.6) is 0 Å². The van der Waals surface area contributed by atoms with Crippen LogP contribution in [-0.2, 0) is 55.7 Å². The summed E-state index contributed by atoms with van der Waals surface area (Å²) in [7, 11) is 0. The van der Waals surface area contributed by atoms with Crippen molar-refractivity contribution in [3.63, 3.8) is 0 Å². The zero-order chi connectivity index (χ0) is 40.6. The maximum Gasteiger partial charge on any atom is 0.372 e. The van der Waals surface area contributed by atoms with E-state index in [2.05, 4.69) is 0 Å². The van der Waals surface area contributed by atoms with Crippen molar-refractivity contribution in [1.82, 2.24) is 0 Å². The lowest BCUT2D eigenvalue weighted by molar-refractivity contribution is -0.290. The predicted molar refractivity (Wildman–Crippen MR) is 212 cm³/mol. The second kappa shape index (κ2) is 17.2. The minimum Gasteiger partial charge on any atom is -0.477 e. The van der Waals surface area contributed by atoms with E-state index in [1.165, 1.54) is 48.5 Å². The molecule has 0 saturated carbocycles. The quantitative estimate of drug-likeness (QED) is 0.146. The van der Waals surface area contributed by atoms with Crippen molar-refractivity contribution in [2.75, 3.05) is 33.0 Å². The highest BCUT2D eigenvalue weighted by Gasteiger charge is 2.54. The summed E-state index contributed by atoms with van der Waals surface area (Å²) < 4.78 is 56.4. The van der Waals surface area contributed by atoms with Gasteiger partial charge in [0.2, 0.25) is 0 Å². The first-order valence-electron chi connectivity index (χ1n) is 18.9. The van der Waals surface area contributed by atoms with E-state index in [4.69, 9.17) is 23.7 Å². The fourth-order valence-corrected chi connectivity index (χ4v) is 7.48. The van der Waals surface area contributed by atoms with E-state index in [0.717, 1.165) is 22.3 Å². The summed E-state index contributed by atoms with van der Waals surface area (Å²) in [6.07, 6.45) is 0. The molecule has 0 unspecified atom stereocenters. The number of carbonyl (C=O) groups is 2. The minimum absolute atomic E-state index is 0.102. The topological polar surface area (TPSA) is 101 Å². The molecule has 1 N–H and O–H groups in total. The van der Waals surface area contributed by atoms with Gasteiger partial charge in [0, 0.05) is 11.1 Å². The van der Waals surface area contributed by atoms with E-state index in [-0.39, 0.29) is 38.6 Å². The van der Waals surface area contributed by atoms with Gasteiger partial charge in [-0.1, -0.05) is 146 Å². The molecule has 2 heterocycles. The molecule has 2 saturated heterocycles. The monoisotopic (exact) mass is 784 g/mol. The summed E-state index contributed by atoms with van der Waals surface area (Å²) in [6.45, 7) is 2.48.